The number of benzene rings is 3. The van der Waals surface area contributed by atoms with Crippen LogP contribution in [0.5, 0.6) is 0 Å². The number of anilines is 1. The summed E-state index contributed by atoms with van der Waals surface area (Å²) in [7, 11) is 0. The van der Waals surface area contributed by atoms with Gasteiger partial charge in [-0.25, -0.2) is 8.78 Å². The molecule has 29 heavy (non-hydrogen) atoms. The van der Waals surface area contributed by atoms with Gasteiger partial charge in [-0.05, 0) is 35.1 Å². The summed E-state index contributed by atoms with van der Waals surface area (Å²) >= 11 is 0. The SMILES string of the molecule is Fc1cccc(F)c1N1CC2C(C1)C2N(Cc1ccccc1)Cc1ccccc1. The first-order valence-corrected chi connectivity index (χ1v) is 10.2. The van der Waals surface area contributed by atoms with Crippen molar-refractivity contribution in [1.29, 1.82) is 0 Å². The molecule has 0 N–H and O–H groups in total. The lowest BCUT2D eigenvalue weighted by Crippen LogP contribution is -2.35. The van der Waals surface area contributed by atoms with Crippen molar-refractivity contribution in [2.24, 2.45) is 11.8 Å². The Bertz CT molecular complexity index is 903. The third-order valence-electron chi connectivity index (χ3n) is 6.28. The van der Waals surface area contributed by atoms with Crippen molar-refractivity contribution in [2.75, 3.05) is 18.0 Å². The van der Waals surface area contributed by atoms with Gasteiger partial charge >= 0.3 is 0 Å². The van der Waals surface area contributed by atoms with E-state index in [9.17, 15) is 8.78 Å². The monoisotopic (exact) mass is 390 g/mol. The highest BCUT2D eigenvalue weighted by Crippen LogP contribution is 2.51. The molecule has 1 aliphatic heterocycles. The molecule has 3 aromatic rings. The van der Waals surface area contributed by atoms with E-state index in [0.29, 0.717) is 31.0 Å². The first kappa shape index (κ1) is 18.3. The minimum atomic E-state index is -0.465. The number of piperidine rings is 1. The average Bonchev–Trinajstić information content (AvgIpc) is 3.23. The number of para-hydroxylation sites is 1. The van der Waals surface area contributed by atoms with Crippen LogP contribution in [0, 0.1) is 23.5 Å². The van der Waals surface area contributed by atoms with Gasteiger partial charge in [0.05, 0.1) is 0 Å². The van der Waals surface area contributed by atoms with Crippen LogP contribution in [0.4, 0.5) is 14.5 Å². The van der Waals surface area contributed by atoms with Crippen molar-refractivity contribution in [3.8, 4) is 0 Å². The van der Waals surface area contributed by atoms with Gasteiger partial charge in [-0.3, -0.25) is 4.90 Å². The molecule has 2 fully saturated rings. The Morgan fingerprint density at radius 3 is 1.66 bits per heavy atom. The second kappa shape index (κ2) is 7.60. The smallest absolute Gasteiger partial charge is 0.149 e. The summed E-state index contributed by atoms with van der Waals surface area (Å²) < 4.78 is 28.4. The Kier molecular flexibility index (Phi) is 4.80. The first-order valence-electron chi connectivity index (χ1n) is 10.2. The number of hydrogen-bond donors (Lipinski definition) is 0. The van der Waals surface area contributed by atoms with E-state index < -0.39 is 11.6 Å². The molecule has 5 rings (SSSR count). The summed E-state index contributed by atoms with van der Waals surface area (Å²) in [6.45, 7) is 3.21. The summed E-state index contributed by atoms with van der Waals surface area (Å²) in [6, 6.07) is 25.6. The third kappa shape index (κ3) is 3.65. The van der Waals surface area contributed by atoms with Crippen LogP contribution in [0.2, 0.25) is 0 Å². The summed E-state index contributed by atoms with van der Waals surface area (Å²) in [5.41, 5.74) is 2.73. The summed E-state index contributed by atoms with van der Waals surface area (Å²) in [5.74, 6) is -0.00980. The van der Waals surface area contributed by atoms with Crippen LogP contribution in [0.1, 0.15) is 11.1 Å². The molecule has 0 bridgehead atoms. The van der Waals surface area contributed by atoms with Gasteiger partial charge in [-0.15, -0.1) is 0 Å². The fraction of sp³-hybridized carbons (Fsp3) is 0.280. The quantitative estimate of drug-likeness (QED) is 0.578. The zero-order chi connectivity index (χ0) is 19.8. The molecular weight excluding hydrogens is 366 g/mol. The predicted octanol–water partition coefficient (Wildman–Crippen LogP) is 5.10. The van der Waals surface area contributed by atoms with Crippen molar-refractivity contribution in [2.45, 2.75) is 19.1 Å². The lowest BCUT2D eigenvalue weighted by Gasteiger charge is -2.29. The van der Waals surface area contributed by atoms with Crippen molar-refractivity contribution >= 4 is 5.69 Å². The zero-order valence-corrected chi connectivity index (χ0v) is 16.2. The molecule has 1 aliphatic carbocycles. The topological polar surface area (TPSA) is 6.48 Å². The van der Waals surface area contributed by atoms with E-state index in [-0.39, 0.29) is 5.69 Å². The third-order valence-corrected chi connectivity index (χ3v) is 6.28. The normalized spacial score (nSPS) is 22.7. The number of nitrogens with zero attached hydrogens (tertiary/aromatic N) is 2. The Morgan fingerprint density at radius 1 is 0.690 bits per heavy atom. The molecule has 3 aromatic carbocycles. The maximum atomic E-state index is 14.2. The Morgan fingerprint density at radius 2 is 1.17 bits per heavy atom. The highest BCUT2D eigenvalue weighted by Gasteiger charge is 2.58. The maximum Gasteiger partial charge on any atom is 0.149 e. The van der Waals surface area contributed by atoms with Gasteiger partial charge in [-0.1, -0.05) is 66.7 Å². The van der Waals surface area contributed by atoms with Crippen LogP contribution in [0.25, 0.3) is 0 Å². The summed E-state index contributed by atoms with van der Waals surface area (Å²) in [6.07, 6.45) is 0. The highest BCUT2D eigenvalue weighted by molar-refractivity contribution is 5.52. The van der Waals surface area contributed by atoms with Gasteiger partial charge in [-0.2, -0.15) is 0 Å². The molecule has 2 unspecified atom stereocenters. The van der Waals surface area contributed by atoms with Gasteiger partial charge in [0.15, 0.2) is 0 Å². The fourth-order valence-corrected chi connectivity index (χ4v) is 4.91. The fourth-order valence-electron chi connectivity index (χ4n) is 4.91. The molecular formula is C25H24F2N2. The Labute approximate surface area is 170 Å². The lowest BCUT2D eigenvalue weighted by molar-refractivity contribution is 0.221. The van der Waals surface area contributed by atoms with Gasteiger partial charge in [0.2, 0.25) is 0 Å². The van der Waals surface area contributed by atoms with E-state index in [1.807, 2.05) is 17.0 Å². The number of fused-ring (bicyclic) bond motifs is 1. The zero-order valence-electron chi connectivity index (χ0n) is 16.2. The molecule has 0 aromatic heterocycles. The van der Waals surface area contributed by atoms with Crippen LogP contribution in [-0.2, 0) is 13.1 Å². The Hall–Kier alpha value is -2.72. The first-order chi connectivity index (χ1) is 14.2. The molecule has 2 nitrogen and oxygen atoms in total. The molecule has 2 aliphatic rings. The van der Waals surface area contributed by atoms with E-state index in [1.165, 1.54) is 29.3 Å². The second-order valence-electron chi connectivity index (χ2n) is 8.17. The summed E-state index contributed by atoms with van der Waals surface area (Å²) in [5, 5.41) is 0. The summed E-state index contributed by atoms with van der Waals surface area (Å²) in [4.78, 5) is 4.43. The van der Waals surface area contributed by atoms with Crippen LogP contribution in [0.15, 0.2) is 78.9 Å². The van der Waals surface area contributed by atoms with E-state index in [4.69, 9.17) is 0 Å². The molecule has 0 amide bonds. The second-order valence-corrected chi connectivity index (χ2v) is 8.17. The van der Waals surface area contributed by atoms with Crippen LogP contribution in [0.3, 0.4) is 0 Å². The number of hydrogen-bond acceptors (Lipinski definition) is 2. The molecule has 2 atom stereocenters. The minimum absolute atomic E-state index is 0.135. The molecule has 1 saturated carbocycles. The number of rotatable bonds is 6. The van der Waals surface area contributed by atoms with Gasteiger partial charge in [0.25, 0.3) is 0 Å². The number of halogens is 2. The highest BCUT2D eigenvalue weighted by atomic mass is 19.1. The lowest BCUT2D eigenvalue weighted by atomic mass is 10.1. The van der Waals surface area contributed by atoms with Gasteiger partial charge < -0.3 is 4.90 Å². The predicted molar refractivity (Wildman–Crippen MR) is 111 cm³/mol. The van der Waals surface area contributed by atoms with Gasteiger partial charge in [0.1, 0.15) is 17.3 Å². The standard InChI is InChI=1S/C25H24F2N2/c26-22-12-7-13-23(27)25(22)29-16-20-21(17-29)24(20)28(14-18-8-3-1-4-9-18)15-19-10-5-2-6-11-19/h1-13,20-21,24H,14-17H2. The van der Waals surface area contributed by atoms with Crippen molar-refractivity contribution in [1.82, 2.24) is 4.90 Å². The largest absolute Gasteiger partial charge is 0.366 e. The Balaban J connectivity index is 1.33. The molecule has 0 radical (unpaired) electrons. The molecule has 148 valence electrons. The van der Waals surface area contributed by atoms with Crippen molar-refractivity contribution in [3.05, 3.63) is 102 Å². The van der Waals surface area contributed by atoms with Crippen LogP contribution >= 0.6 is 0 Å². The maximum absolute atomic E-state index is 14.2. The molecule has 1 saturated heterocycles. The van der Waals surface area contributed by atoms with E-state index in [0.717, 1.165) is 13.1 Å². The molecule has 0 spiro atoms. The van der Waals surface area contributed by atoms with E-state index in [2.05, 4.69) is 53.4 Å². The van der Waals surface area contributed by atoms with Crippen LogP contribution in [-0.4, -0.2) is 24.0 Å². The van der Waals surface area contributed by atoms with Crippen LogP contribution < -0.4 is 4.90 Å². The minimum Gasteiger partial charge on any atom is -0.366 e. The van der Waals surface area contributed by atoms with E-state index in [1.54, 1.807) is 0 Å². The average molecular weight is 390 g/mol. The van der Waals surface area contributed by atoms with E-state index >= 15 is 0 Å². The molecule has 1 heterocycles. The van der Waals surface area contributed by atoms with Gasteiger partial charge in [0, 0.05) is 32.2 Å². The van der Waals surface area contributed by atoms with Crippen molar-refractivity contribution in [3.63, 3.8) is 0 Å². The molecule has 4 heteroatoms. The van der Waals surface area contributed by atoms with Crippen molar-refractivity contribution < 1.29 is 8.78 Å².